The number of anilines is 1. The van der Waals surface area contributed by atoms with Gasteiger partial charge in [-0.3, -0.25) is 4.79 Å². The van der Waals surface area contributed by atoms with Gasteiger partial charge in [0.15, 0.2) is 0 Å². The molecule has 0 atom stereocenters. The molecule has 0 radical (unpaired) electrons. The third-order valence-electron chi connectivity index (χ3n) is 5.20. The van der Waals surface area contributed by atoms with E-state index in [2.05, 4.69) is 0 Å². The van der Waals surface area contributed by atoms with E-state index in [1.165, 1.54) is 7.11 Å². The Balaban J connectivity index is 1.66. The first-order valence-electron chi connectivity index (χ1n) is 9.63. The first-order valence-corrected chi connectivity index (χ1v) is 9.63. The molecule has 0 unspecified atom stereocenters. The minimum atomic E-state index is -0.704. The van der Waals surface area contributed by atoms with E-state index in [1.807, 2.05) is 54.6 Å². The summed E-state index contributed by atoms with van der Waals surface area (Å²) in [5, 5.41) is 10.7. The van der Waals surface area contributed by atoms with E-state index in [1.54, 1.807) is 29.2 Å². The van der Waals surface area contributed by atoms with Gasteiger partial charge < -0.3 is 14.7 Å². The van der Waals surface area contributed by atoms with Crippen LogP contribution in [-0.2, 0) is 20.9 Å². The number of aliphatic hydroxyl groups excluding tert-OH is 1. The Kier molecular flexibility index (Phi) is 5.35. The number of ether oxygens (including phenoxy) is 1. The van der Waals surface area contributed by atoms with Crippen molar-refractivity contribution >= 4 is 23.3 Å². The SMILES string of the molecule is COC(=O)C1=C(O)c2ccccc2N(Cc2ccc(-c3ccccc3)cc2)C(=O)C1. The van der Waals surface area contributed by atoms with Gasteiger partial charge in [0.05, 0.1) is 31.3 Å². The maximum absolute atomic E-state index is 13.0. The molecule has 5 nitrogen and oxygen atoms in total. The Morgan fingerprint density at radius 2 is 1.57 bits per heavy atom. The minimum Gasteiger partial charge on any atom is -0.507 e. The van der Waals surface area contributed by atoms with Crippen LogP contribution in [0.4, 0.5) is 5.69 Å². The molecule has 0 saturated heterocycles. The van der Waals surface area contributed by atoms with E-state index < -0.39 is 5.97 Å². The second kappa shape index (κ2) is 8.25. The first kappa shape index (κ1) is 19.5. The van der Waals surface area contributed by atoms with Gasteiger partial charge in [-0.1, -0.05) is 66.7 Å². The van der Waals surface area contributed by atoms with Crippen LogP contribution in [0.3, 0.4) is 0 Å². The number of benzene rings is 3. The molecular weight excluding hydrogens is 378 g/mol. The van der Waals surface area contributed by atoms with Crippen molar-refractivity contribution in [2.75, 3.05) is 12.0 Å². The summed E-state index contributed by atoms with van der Waals surface area (Å²) in [5.41, 5.74) is 4.12. The van der Waals surface area contributed by atoms with Crippen LogP contribution in [0.2, 0.25) is 0 Å². The van der Waals surface area contributed by atoms with Crippen LogP contribution in [0.5, 0.6) is 0 Å². The van der Waals surface area contributed by atoms with Crippen molar-refractivity contribution in [1.82, 2.24) is 0 Å². The second-order valence-electron chi connectivity index (χ2n) is 7.06. The van der Waals surface area contributed by atoms with Crippen molar-refractivity contribution in [2.24, 2.45) is 0 Å². The summed E-state index contributed by atoms with van der Waals surface area (Å²) < 4.78 is 4.76. The van der Waals surface area contributed by atoms with Crippen LogP contribution in [0.25, 0.3) is 16.9 Å². The molecule has 0 saturated carbocycles. The average Bonchev–Trinajstić information content (AvgIpc) is 2.90. The minimum absolute atomic E-state index is 0.0307. The molecule has 0 spiro atoms. The molecule has 30 heavy (non-hydrogen) atoms. The monoisotopic (exact) mass is 399 g/mol. The lowest BCUT2D eigenvalue weighted by molar-refractivity contribution is -0.137. The van der Waals surface area contributed by atoms with E-state index in [0.717, 1.165) is 16.7 Å². The molecule has 1 N–H and O–H groups in total. The Hall–Kier alpha value is -3.86. The van der Waals surface area contributed by atoms with Crippen molar-refractivity contribution in [3.8, 4) is 11.1 Å². The molecular formula is C25H21NO4. The number of aliphatic hydroxyl groups is 1. The number of carbonyl (C=O) groups excluding carboxylic acids is 2. The quantitative estimate of drug-likeness (QED) is 0.644. The number of rotatable bonds is 4. The normalized spacial score (nSPS) is 13.6. The zero-order valence-electron chi connectivity index (χ0n) is 16.5. The molecule has 4 rings (SSSR count). The zero-order valence-corrected chi connectivity index (χ0v) is 16.5. The molecule has 150 valence electrons. The van der Waals surface area contributed by atoms with Crippen molar-refractivity contribution in [3.63, 3.8) is 0 Å². The molecule has 1 heterocycles. The third kappa shape index (κ3) is 3.70. The Morgan fingerprint density at radius 3 is 2.27 bits per heavy atom. The van der Waals surface area contributed by atoms with Crippen molar-refractivity contribution < 1.29 is 19.4 Å². The summed E-state index contributed by atoms with van der Waals surface area (Å²) >= 11 is 0. The van der Waals surface area contributed by atoms with Crippen molar-refractivity contribution in [3.05, 3.63) is 95.6 Å². The largest absolute Gasteiger partial charge is 0.507 e. The van der Waals surface area contributed by atoms with Gasteiger partial charge in [-0.25, -0.2) is 4.79 Å². The van der Waals surface area contributed by atoms with Crippen LogP contribution in [0.15, 0.2) is 84.4 Å². The number of hydrogen-bond acceptors (Lipinski definition) is 4. The molecule has 1 amide bonds. The van der Waals surface area contributed by atoms with E-state index in [9.17, 15) is 14.7 Å². The van der Waals surface area contributed by atoms with Gasteiger partial charge in [0, 0.05) is 5.56 Å². The van der Waals surface area contributed by atoms with E-state index >= 15 is 0 Å². The first-order chi connectivity index (χ1) is 14.6. The molecule has 1 aliphatic rings. The highest BCUT2D eigenvalue weighted by Gasteiger charge is 2.31. The highest BCUT2D eigenvalue weighted by molar-refractivity contribution is 6.09. The summed E-state index contributed by atoms with van der Waals surface area (Å²) in [4.78, 5) is 26.7. The van der Waals surface area contributed by atoms with Crippen LogP contribution < -0.4 is 4.90 Å². The van der Waals surface area contributed by atoms with Gasteiger partial charge >= 0.3 is 5.97 Å². The number of carbonyl (C=O) groups is 2. The molecule has 0 bridgehead atoms. The maximum atomic E-state index is 13.0. The molecule has 0 fully saturated rings. The fourth-order valence-electron chi connectivity index (χ4n) is 3.62. The van der Waals surface area contributed by atoms with E-state index in [-0.39, 0.29) is 23.7 Å². The lowest BCUT2D eigenvalue weighted by Gasteiger charge is -2.23. The number of para-hydroxylation sites is 1. The summed E-state index contributed by atoms with van der Waals surface area (Å²) in [6.45, 7) is 0.326. The van der Waals surface area contributed by atoms with Crippen LogP contribution in [0.1, 0.15) is 17.5 Å². The lowest BCUT2D eigenvalue weighted by atomic mass is 10.0. The van der Waals surface area contributed by atoms with Crippen LogP contribution in [-0.4, -0.2) is 24.1 Å². The van der Waals surface area contributed by atoms with Crippen molar-refractivity contribution in [2.45, 2.75) is 13.0 Å². The molecule has 3 aromatic carbocycles. The Bertz CT molecular complexity index is 1120. The van der Waals surface area contributed by atoms with Gasteiger partial charge in [-0.15, -0.1) is 0 Å². The summed E-state index contributed by atoms with van der Waals surface area (Å²) in [6, 6.07) is 25.1. The smallest absolute Gasteiger partial charge is 0.338 e. The summed E-state index contributed by atoms with van der Waals surface area (Å²) in [7, 11) is 1.23. The summed E-state index contributed by atoms with van der Waals surface area (Å²) in [5.74, 6) is -1.20. The summed E-state index contributed by atoms with van der Waals surface area (Å²) in [6.07, 6.45) is -0.227. The number of methoxy groups -OCH3 is 1. The lowest BCUT2D eigenvalue weighted by Crippen LogP contribution is -2.30. The molecule has 1 aliphatic heterocycles. The maximum Gasteiger partial charge on any atom is 0.338 e. The average molecular weight is 399 g/mol. The van der Waals surface area contributed by atoms with Crippen molar-refractivity contribution in [1.29, 1.82) is 0 Å². The predicted molar refractivity (Wildman–Crippen MR) is 116 cm³/mol. The second-order valence-corrected chi connectivity index (χ2v) is 7.06. The highest BCUT2D eigenvalue weighted by Crippen LogP contribution is 2.34. The van der Waals surface area contributed by atoms with Crippen LogP contribution in [0, 0.1) is 0 Å². The fraction of sp³-hybridized carbons (Fsp3) is 0.120. The van der Waals surface area contributed by atoms with Gasteiger partial charge in [0.2, 0.25) is 5.91 Å². The standard InChI is InChI=1S/C25H21NO4/c1-30-25(29)21-15-23(27)26(22-10-6-5-9-20(22)24(21)28)16-17-11-13-19(14-12-17)18-7-3-2-4-8-18/h2-14,28H,15-16H2,1H3. The Morgan fingerprint density at radius 1 is 0.933 bits per heavy atom. The third-order valence-corrected chi connectivity index (χ3v) is 5.20. The van der Waals surface area contributed by atoms with Crippen LogP contribution >= 0.6 is 0 Å². The number of nitrogens with zero attached hydrogens (tertiary/aromatic N) is 1. The van der Waals surface area contributed by atoms with Gasteiger partial charge in [-0.05, 0) is 28.8 Å². The molecule has 0 aliphatic carbocycles. The van der Waals surface area contributed by atoms with Gasteiger partial charge in [-0.2, -0.15) is 0 Å². The van der Waals surface area contributed by atoms with E-state index in [0.29, 0.717) is 17.8 Å². The van der Waals surface area contributed by atoms with E-state index in [4.69, 9.17) is 4.74 Å². The van der Waals surface area contributed by atoms with Gasteiger partial charge in [0.25, 0.3) is 0 Å². The topological polar surface area (TPSA) is 66.8 Å². The molecule has 3 aromatic rings. The predicted octanol–water partition coefficient (Wildman–Crippen LogP) is 4.73. The Labute approximate surface area is 174 Å². The number of hydrogen-bond donors (Lipinski definition) is 1. The molecule has 0 aromatic heterocycles. The highest BCUT2D eigenvalue weighted by atomic mass is 16.5. The van der Waals surface area contributed by atoms with Gasteiger partial charge in [0.1, 0.15) is 5.76 Å². The molecule has 5 heteroatoms. The fourth-order valence-corrected chi connectivity index (χ4v) is 3.62. The number of fused-ring (bicyclic) bond motifs is 1. The zero-order chi connectivity index (χ0) is 21.1. The number of esters is 1. The number of amides is 1.